The van der Waals surface area contributed by atoms with Gasteiger partial charge in [0.05, 0.1) is 10.4 Å². The van der Waals surface area contributed by atoms with Gasteiger partial charge in [0.2, 0.25) is 5.91 Å². The van der Waals surface area contributed by atoms with Gasteiger partial charge < -0.3 is 10.6 Å². The van der Waals surface area contributed by atoms with Crippen molar-refractivity contribution in [1.82, 2.24) is 4.90 Å². The summed E-state index contributed by atoms with van der Waals surface area (Å²) in [4.78, 5) is 14.9. The first kappa shape index (κ1) is 14.4. The average molecular weight is 256 g/mol. The van der Waals surface area contributed by atoms with Gasteiger partial charge in [-0.05, 0) is 46.0 Å². The predicted molar refractivity (Wildman–Crippen MR) is 74.8 cm³/mol. The second-order valence-corrected chi connectivity index (χ2v) is 5.98. The van der Waals surface area contributed by atoms with Gasteiger partial charge in [-0.2, -0.15) is 0 Å². The van der Waals surface area contributed by atoms with Crippen LogP contribution in [0.5, 0.6) is 0 Å². The standard InChI is InChI=1S/C13H24N2OS/c1-5-13(4,11(14)17)12(16)15(9(2)3)8-10-6-7-10/h9-10H,5-8H2,1-4H3,(H2,14,17). The van der Waals surface area contributed by atoms with Gasteiger partial charge in [-0.25, -0.2) is 0 Å². The van der Waals surface area contributed by atoms with Crippen molar-refractivity contribution in [3.05, 3.63) is 0 Å². The minimum Gasteiger partial charge on any atom is -0.392 e. The molecule has 0 aliphatic heterocycles. The van der Waals surface area contributed by atoms with Crippen LogP contribution >= 0.6 is 12.2 Å². The Bertz CT molecular complexity index is 313. The van der Waals surface area contributed by atoms with Crippen molar-refractivity contribution in [1.29, 1.82) is 0 Å². The van der Waals surface area contributed by atoms with Crippen LogP contribution in [-0.4, -0.2) is 28.4 Å². The highest BCUT2D eigenvalue weighted by molar-refractivity contribution is 7.80. The molecule has 0 saturated heterocycles. The SMILES string of the molecule is CCC(C)(C(=O)N(CC1CC1)C(C)C)C(N)=S. The van der Waals surface area contributed by atoms with E-state index < -0.39 is 5.41 Å². The highest BCUT2D eigenvalue weighted by Crippen LogP contribution is 2.33. The number of carbonyl (C=O) groups is 1. The van der Waals surface area contributed by atoms with Crippen molar-refractivity contribution in [2.45, 2.75) is 53.0 Å². The Balaban J connectivity index is 2.84. The Kier molecular flexibility index (Phi) is 4.53. The van der Waals surface area contributed by atoms with E-state index in [1.54, 1.807) is 0 Å². The molecular formula is C13H24N2OS. The highest BCUT2D eigenvalue weighted by atomic mass is 32.1. The Morgan fingerprint density at radius 1 is 1.53 bits per heavy atom. The van der Waals surface area contributed by atoms with Gasteiger partial charge in [0.1, 0.15) is 0 Å². The lowest BCUT2D eigenvalue weighted by atomic mass is 9.85. The van der Waals surface area contributed by atoms with Gasteiger partial charge in [-0.15, -0.1) is 0 Å². The summed E-state index contributed by atoms with van der Waals surface area (Å²) in [5.41, 5.74) is 5.06. The molecule has 0 aromatic heterocycles. The summed E-state index contributed by atoms with van der Waals surface area (Å²) in [6.45, 7) is 8.78. The topological polar surface area (TPSA) is 46.3 Å². The second-order valence-electron chi connectivity index (χ2n) is 5.54. The average Bonchev–Trinajstić information content (AvgIpc) is 3.06. The molecule has 0 aromatic rings. The van der Waals surface area contributed by atoms with Crippen LogP contribution in [0.3, 0.4) is 0 Å². The minimum atomic E-state index is -0.686. The van der Waals surface area contributed by atoms with E-state index in [0.29, 0.717) is 17.3 Å². The Labute approximate surface area is 110 Å². The first-order valence-corrected chi connectivity index (χ1v) is 6.84. The Morgan fingerprint density at radius 3 is 2.35 bits per heavy atom. The molecule has 0 aromatic carbocycles. The molecule has 0 heterocycles. The number of nitrogens with two attached hydrogens (primary N) is 1. The van der Waals surface area contributed by atoms with Gasteiger partial charge in [-0.1, -0.05) is 19.1 Å². The van der Waals surface area contributed by atoms with E-state index in [-0.39, 0.29) is 11.9 Å². The quantitative estimate of drug-likeness (QED) is 0.742. The molecule has 17 heavy (non-hydrogen) atoms. The molecule has 1 amide bonds. The van der Waals surface area contributed by atoms with Gasteiger partial charge in [0, 0.05) is 12.6 Å². The van der Waals surface area contributed by atoms with Crippen LogP contribution in [0.2, 0.25) is 0 Å². The smallest absolute Gasteiger partial charge is 0.235 e. The molecule has 1 unspecified atom stereocenters. The summed E-state index contributed by atoms with van der Waals surface area (Å²) in [6.07, 6.45) is 3.15. The van der Waals surface area contributed by atoms with E-state index >= 15 is 0 Å². The Morgan fingerprint density at radius 2 is 2.06 bits per heavy atom. The lowest BCUT2D eigenvalue weighted by molar-refractivity contribution is -0.139. The van der Waals surface area contributed by atoms with Crippen LogP contribution in [0.25, 0.3) is 0 Å². The summed E-state index contributed by atoms with van der Waals surface area (Å²) in [5.74, 6) is 0.781. The van der Waals surface area contributed by atoms with Crippen LogP contribution in [0.1, 0.15) is 47.0 Å². The molecule has 1 rings (SSSR count). The zero-order valence-corrected chi connectivity index (χ0v) is 12.1. The molecular weight excluding hydrogens is 232 g/mol. The number of rotatable bonds is 6. The third-order valence-corrected chi connectivity index (χ3v) is 4.21. The number of hydrogen-bond acceptors (Lipinski definition) is 2. The summed E-state index contributed by atoms with van der Waals surface area (Å²) >= 11 is 5.07. The second kappa shape index (κ2) is 5.34. The van der Waals surface area contributed by atoms with E-state index in [9.17, 15) is 4.79 Å². The fourth-order valence-corrected chi connectivity index (χ4v) is 2.09. The molecule has 1 fully saturated rings. The van der Waals surface area contributed by atoms with Crippen molar-refractivity contribution < 1.29 is 4.79 Å². The normalized spacial score (nSPS) is 18.9. The number of amides is 1. The lowest BCUT2D eigenvalue weighted by Gasteiger charge is -2.35. The van der Waals surface area contributed by atoms with Crippen molar-refractivity contribution in [3.63, 3.8) is 0 Å². The van der Waals surface area contributed by atoms with Crippen LogP contribution < -0.4 is 5.73 Å². The van der Waals surface area contributed by atoms with E-state index in [0.717, 1.165) is 6.54 Å². The third kappa shape index (κ3) is 3.18. The third-order valence-electron chi connectivity index (χ3n) is 3.76. The van der Waals surface area contributed by atoms with Crippen LogP contribution in [0.15, 0.2) is 0 Å². The van der Waals surface area contributed by atoms with Gasteiger partial charge in [0.25, 0.3) is 0 Å². The maximum Gasteiger partial charge on any atom is 0.235 e. The summed E-state index contributed by atoms with van der Waals surface area (Å²) < 4.78 is 0. The zero-order chi connectivity index (χ0) is 13.2. The van der Waals surface area contributed by atoms with E-state index in [1.165, 1.54) is 12.8 Å². The summed E-state index contributed by atoms with van der Waals surface area (Å²) in [7, 11) is 0. The molecule has 1 aliphatic rings. The fourth-order valence-electron chi connectivity index (χ4n) is 1.85. The van der Waals surface area contributed by atoms with Crippen molar-refractivity contribution in [3.8, 4) is 0 Å². The molecule has 4 heteroatoms. The number of carbonyl (C=O) groups excluding carboxylic acids is 1. The predicted octanol–water partition coefficient (Wildman–Crippen LogP) is 2.34. The summed E-state index contributed by atoms with van der Waals surface area (Å²) in [6, 6.07) is 0.211. The maximum absolute atomic E-state index is 12.6. The van der Waals surface area contributed by atoms with Crippen molar-refractivity contribution in [2.75, 3.05) is 6.54 Å². The highest BCUT2D eigenvalue weighted by Gasteiger charge is 2.40. The molecule has 3 nitrogen and oxygen atoms in total. The fraction of sp³-hybridized carbons (Fsp3) is 0.846. The van der Waals surface area contributed by atoms with Gasteiger partial charge in [-0.3, -0.25) is 4.79 Å². The van der Waals surface area contributed by atoms with Crippen LogP contribution in [0.4, 0.5) is 0 Å². The molecule has 98 valence electrons. The molecule has 0 bridgehead atoms. The van der Waals surface area contributed by atoms with E-state index in [1.807, 2.05) is 18.7 Å². The number of hydrogen-bond donors (Lipinski definition) is 1. The minimum absolute atomic E-state index is 0.0920. The molecule has 1 saturated carbocycles. The molecule has 1 atom stereocenters. The molecule has 1 aliphatic carbocycles. The number of nitrogens with zero attached hydrogens (tertiary/aromatic N) is 1. The first-order valence-electron chi connectivity index (χ1n) is 6.44. The maximum atomic E-state index is 12.6. The van der Waals surface area contributed by atoms with Crippen LogP contribution in [0, 0.1) is 11.3 Å². The van der Waals surface area contributed by atoms with Crippen molar-refractivity contribution in [2.24, 2.45) is 17.1 Å². The van der Waals surface area contributed by atoms with Crippen LogP contribution in [-0.2, 0) is 4.79 Å². The summed E-state index contributed by atoms with van der Waals surface area (Å²) in [5, 5.41) is 0. The van der Waals surface area contributed by atoms with Crippen molar-refractivity contribution >= 4 is 23.1 Å². The lowest BCUT2D eigenvalue weighted by Crippen LogP contribution is -2.51. The molecule has 0 spiro atoms. The monoisotopic (exact) mass is 256 g/mol. The Hall–Kier alpha value is -0.640. The first-order chi connectivity index (χ1) is 7.82. The largest absolute Gasteiger partial charge is 0.392 e. The van der Waals surface area contributed by atoms with Gasteiger partial charge in [0.15, 0.2) is 0 Å². The molecule has 2 N–H and O–H groups in total. The van der Waals surface area contributed by atoms with Gasteiger partial charge >= 0.3 is 0 Å². The molecule has 0 radical (unpaired) electrons. The van der Waals surface area contributed by atoms with E-state index in [4.69, 9.17) is 18.0 Å². The zero-order valence-electron chi connectivity index (χ0n) is 11.3. The van der Waals surface area contributed by atoms with E-state index in [2.05, 4.69) is 13.8 Å². The number of thiocarbonyl (C=S) groups is 1.